The van der Waals surface area contributed by atoms with Gasteiger partial charge in [-0.05, 0) is 61.8 Å². The molecule has 29 heavy (non-hydrogen) atoms. The molecule has 4 N–H and O–H groups in total. The first kappa shape index (κ1) is 20.8. The third-order valence-electron chi connectivity index (χ3n) is 5.60. The summed E-state index contributed by atoms with van der Waals surface area (Å²) in [4.78, 5) is 23.9. The summed E-state index contributed by atoms with van der Waals surface area (Å²) in [6.45, 7) is 0. The van der Waals surface area contributed by atoms with Gasteiger partial charge in [0.25, 0.3) is 0 Å². The zero-order valence-electron chi connectivity index (χ0n) is 16.4. The van der Waals surface area contributed by atoms with E-state index in [4.69, 9.17) is 5.73 Å². The molecule has 0 spiro atoms. The smallest absolute Gasteiger partial charge is 0.312 e. The van der Waals surface area contributed by atoms with Gasteiger partial charge in [0, 0.05) is 12.0 Å². The van der Waals surface area contributed by atoms with Crippen LogP contribution < -0.4 is 16.4 Å². The van der Waals surface area contributed by atoms with E-state index in [1.54, 1.807) is 12.1 Å². The maximum Gasteiger partial charge on any atom is 0.312 e. The maximum atomic E-state index is 13.1. The van der Waals surface area contributed by atoms with Crippen molar-refractivity contribution in [3.05, 3.63) is 71.5 Å². The molecule has 2 aromatic rings. The fourth-order valence-electron chi connectivity index (χ4n) is 3.96. The SMILES string of the molecule is NC(=O)NC1CCC(C(=O)NC(CCc2ccc(F)cc2)c2ccccc2)CC1. The van der Waals surface area contributed by atoms with E-state index in [2.05, 4.69) is 10.6 Å². The first-order valence-corrected chi connectivity index (χ1v) is 10.2. The number of hydrogen-bond donors (Lipinski definition) is 3. The van der Waals surface area contributed by atoms with E-state index in [0.29, 0.717) is 0 Å². The molecule has 0 bridgehead atoms. The number of urea groups is 1. The van der Waals surface area contributed by atoms with Crippen LogP contribution in [0.1, 0.15) is 49.3 Å². The lowest BCUT2D eigenvalue weighted by Gasteiger charge is -2.29. The van der Waals surface area contributed by atoms with Crippen LogP contribution in [0.25, 0.3) is 0 Å². The minimum absolute atomic E-state index is 0.0514. The Kier molecular flexibility index (Phi) is 7.22. The van der Waals surface area contributed by atoms with Gasteiger partial charge in [0.05, 0.1) is 6.04 Å². The largest absolute Gasteiger partial charge is 0.352 e. The maximum absolute atomic E-state index is 13.1. The fourth-order valence-corrected chi connectivity index (χ4v) is 3.96. The van der Waals surface area contributed by atoms with E-state index in [1.807, 2.05) is 30.3 Å². The van der Waals surface area contributed by atoms with Crippen LogP contribution in [-0.4, -0.2) is 18.0 Å². The highest BCUT2D eigenvalue weighted by Gasteiger charge is 2.28. The summed E-state index contributed by atoms with van der Waals surface area (Å²) in [6.07, 6.45) is 4.46. The molecule has 1 saturated carbocycles. The molecule has 0 saturated heterocycles. The molecule has 1 aliphatic rings. The molecule has 1 unspecified atom stereocenters. The summed E-state index contributed by atoms with van der Waals surface area (Å²) < 4.78 is 13.1. The van der Waals surface area contributed by atoms with Crippen LogP contribution in [0.15, 0.2) is 54.6 Å². The van der Waals surface area contributed by atoms with Gasteiger partial charge in [0.2, 0.25) is 5.91 Å². The number of aryl methyl sites for hydroxylation is 1. The number of halogens is 1. The Morgan fingerprint density at radius 3 is 2.28 bits per heavy atom. The summed E-state index contributed by atoms with van der Waals surface area (Å²) in [7, 11) is 0. The second kappa shape index (κ2) is 10.0. The second-order valence-corrected chi connectivity index (χ2v) is 7.69. The van der Waals surface area contributed by atoms with Crippen LogP contribution in [0, 0.1) is 11.7 Å². The van der Waals surface area contributed by atoms with Crippen molar-refractivity contribution in [2.45, 2.75) is 50.6 Å². The number of carbonyl (C=O) groups excluding carboxylic acids is 2. The van der Waals surface area contributed by atoms with Crippen molar-refractivity contribution in [2.75, 3.05) is 0 Å². The number of carbonyl (C=O) groups is 2. The molecule has 1 fully saturated rings. The predicted octanol–water partition coefficient (Wildman–Crippen LogP) is 3.84. The molecule has 0 aromatic heterocycles. The molecule has 0 radical (unpaired) electrons. The third kappa shape index (κ3) is 6.31. The van der Waals surface area contributed by atoms with Gasteiger partial charge in [-0.2, -0.15) is 0 Å². The molecule has 154 valence electrons. The van der Waals surface area contributed by atoms with Gasteiger partial charge < -0.3 is 16.4 Å². The minimum atomic E-state index is -0.511. The fraction of sp³-hybridized carbons (Fsp3) is 0.391. The van der Waals surface area contributed by atoms with E-state index in [9.17, 15) is 14.0 Å². The van der Waals surface area contributed by atoms with Gasteiger partial charge in [0.15, 0.2) is 0 Å². The van der Waals surface area contributed by atoms with Crippen molar-refractivity contribution < 1.29 is 14.0 Å². The Morgan fingerprint density at radius 1 is 1.00 bits per heavy atom. The number of nitrogens with one attached hydrogen (secondary N) is 2. The Hall–Kier alpha value is -2.89. The van der Waals surface area contributed by atoms with E-state index < -0.39 is 6.03 Å². The Morgan fingerprint density at radius 2 is 1.66 bits per heavy atom. The van der Waals surface area contributed by atoms with Crippen LogP contribution in [0.4, 0.5) is 9.18 Å². The highest BCUT2D eigenvalue weighted by Crippen LogP contribution is 2.26. The molecule has 6 heteroatoms. The van der Waals surface area contributed by atoms with Gasteiger partial charge in [0.1, 0.15) is 5.82 Å². The standard InChI is InChI=1S/C23H28FN3O2/c24-19-11-6-16(7-12-19)8-15-21(17-4-2-1-3-5-17)27-22(28)18-9-13-20(14-10-18)26-23(25)29/h1-7,11-12,18,20-21H,8-10,13-15H2,(H,27,28)(H3,25,26,29). The molecule has 0 heterocycles. The molecule has 3 amide bonds. The van der Waals surface area contributed by atoms with Crippen molar-refractivity contribution in [1.29, 1.82) is 0 Å². The molecule has 5 nitrogen and oxygen atoms in total. The quantitative estimate of drug-likeness (QED) is 0.663. The lowest BCUT2D eigenvalue weighted by Crippen LogP contribution is -2.43. The van der Waals surface area contributed by atoms with Crippen molar-refractivity contribution in [2.24, 2.45) is 11.7 Å². The normalized spacial score (nSPS) is 19.9. The molecular weight excluding hydrogens is 369 g/mol. The number of rotatable bonds is 7. The number of hydrogen-bond acceptors (Lipinski definition) is 2. The summed E-state index contributed by atoms with van der Waals surface area (Å²) in [6, 6.07) is 15.9. The monoisotopic (exact) mass is 397 g/mol. The van der Waals surface area contributed by atoms with Crippen molar-refractivity contribution >= 4 is 11.9 Å². The summed E-state index contributed by atoms with van der Waals surface area (Å²) in [5.41, 5.74) is 7.29. The first-order valence-electron chi connectivity index (χ1n) is 10.2. The number of benzene rings is 2. The van der Waals surface area contributed by atoms with E-state index >= 15 is 0 Å². The van der Waals surface area contributed by atoms with E-state index in [1.165, 1.54) is 12.1 Å². The van der Waals surface area contributed by atoms with Crippen LogP contribution in [0.5, 0.6) is 0 Å². The van der Waals surface area contributed by atoms with Crippen molar-refractivity contribution in [1.82, 2.24) is 10.6 Å². The molecule has 3 rings (SSSR count). The predicted molar refractivity (Wildman–Crippen MR) is 111 cm³/mol. The lowest BCUT2D eigenvalue weighted by atomic mass is 9.85. The summed E-state index contributed by atoms with van der Waals surface area (Å²) >= 11 is 0. The Bertz CT molecular complexity index is 803. The van der Waals surface area contributed by atoms with Gasteiger partial charge >= 0.3 is 6.03 Å². The van der Waals surface area contributed by atoms with Gasteiger partial charge in [-0.15, -0.1) is 0 Å². The number of amides is 3. The van der Waals surface area contributed by atoms with Gasteiger partial charge in [-0.1, -0.05) is 42.5 Å². The molecule has 0 aliphatic heterocycles. The summed E-state index contributed by atoms with van der Waals surface area (Å²) in [5, 5.41) is 5.95. The average Bonchev–Trinajstić information content (AvgIpc) is 2.73. The van der Waals surface area contributed by atoms with E-state index in [-0.39, 0.29) is 29.7 Å². The van der Waals surface area contributed by atoms with Crippen LogP contribution in [0.2, 0.25) is 0 Å². The first-order chi connectivity index (χ1) is 14.0. The van der Waals surface area contributed by atoms with Gasteiger partial charge in [-0.25, -0.2) is 9.18 Å². The molecule has 1 aliphatic carbocycles. The summed E-state index contributed by atoms with van der Waals surface area (Å²) in [5.74, 6) is -0.253. The van der Waals surface area contributed by atoms with Gasteiger partial charge in [-0.3, -0.25) is 4.79 Å². The lowest BCUT2D eigenvalue weighted by molar-refractivity contribution is -0.126. The van der Waals surface area contributed by atoms with Crippen molar-refractivity contribution in [3.63, 3.8) is 0 Å². The van der Waals surface area contributed by atoms with Crippen LogP contribution in [0.3, 0.4) is 0 Å². The van der Waals surface area contributed by atoms with E-state index in [0.717, 1.165) is 49.7 Å². The average molecular weight is 397 g/mol. The van der Waals surface area contributed by atoms with Crippen LogP contribution in [-0.2, 0) is 11.2 Å². The topological polar surface area (TPSA) is 84.2 Å². The van der Waals surface area contributed by atoms with Crippen molar-refractivity contribution in [3.8, 4) is 0 Å². The molecular formula is C23H28FN3O2. The Labute approximate surface area is 170 Å². The number of nitrogens with two attached hydrogens (primary N) is 1. The molecule has 2 aromatic carbocycles. The minimum Gasteiger partial charge on any atom is -0.352 e. The third-order valence-corrected chi connectivity index (χ3v) is 5.60. The zero-order chi connectivity index (χ0) is 20.6. The Balaban J connectivity index is 1.60. The molecule has 1 atom stereocenters. The second-order valence-electron chi connectivity index (χ2n) is 7.69. The number of primary amides is 1. The van der Waals surface area contributed by atoms with Crippen LogP contribution >= 0.6 is 0 Å². The zero-order valence-corrected chi connectivity index (χ0v) is 16.4. The highest BCUT2D eigenvalue weighted by molar-refractivity contribution is 5.79. The highest BCUT2D eigenvalue weighted by atomic mass is 19.1.